The maximum absolute atomic E-state index is 12.9. The number of para-hydroxylation sites is 1. The number of carbonyl (C=O) groups excluding carboxylic acids is 1. The molecule has 1 N–H and O–H groups in total. The fourth-order valence-electron chi connectivity index (χ4n) is 3.43. The highest BCUT2D eigenvalue weighted by atomic mass is 19.4. The number of hydrogen-bond donors (Lipinski definition) is 1. The first-order chi connectivity index (χ1) is 15.4. The normalized spacial score (nSPS) is 13.3. The number of methoxy groups -OCH3 is 1. The van der Waals surface area contributed by atoms with Gasteiger partial charge in [0.05, 0.1) is 30.0 Å². The molecule has 0 fully saturated rings. The molecule has 0 saturated heterocycles. The van der Waals surface area contributed by atoms with Crippen LogP contribution in [0.15, 0.2) is 60.8 Å². The summed E-state index contributed by atoms with van der Waals surface area (Å²) in [5, 5.41) is 2.63. The Balaban J connectivity index is 1.57. The van der Waals surface area contributed by atoms with Gasteiger partial charge in [-0.15, -0.1) is 0 Å². The van der Waals surface area contributed by atoms with Gasteiger partial charge in [0.2, 0.25) is 0 Å². The number of nitrogens with zero attached hydrogens (tertiary/aromatic N) is 2. The van der Waals surface area contributed by atoms with Gasteiger partial charge >= 0.3 is 6.18 Å². The number of amides is 1. The fraction of sp³-hybridized carbons (Fsp3) is 0.217. The van der Waals surface area contributed by atoms with E-state index in [4.69, 9.17) is 9.47 Å². The topological polar surface area (TPSA) is 63.7 Å². The zero-order chi connectivity index (χ0) is 22.7. The van der Waals surface area contributed by atoms with Gasteiger partial charge in [-0.3, -0.25) is 4.79 Å². The summed E-state index contributed by atoms with van der Waals surface area (Å²) in [4.78, 5) is 19.3. The van der Waals surface area contributed by atoms with Gasteiger partial charge in [0.1, 0.15) is 12.4 Å². The lowest BCUT2D eigenvalue weighted by atomic mass is 10.1. The number of rotatable bonds is 5. The summed E-state index contributed by atoms with van der Waals surface area (Å²) in [6.45, 7) is 1.36. The van der Waals surface area contributed by atoms with E-state index in [1.54, 1.807) is 25.4 Å². The first-order valence-corrected chi connectivity index (χ1v) is 9.82. The Morgan fingerprint density at radius 3 is 2.59 bits per heavy atom. The summed E-state index contributed by atoms with van der Waals surface area (Å²) < 4.78 is 49.2. The van der Waals surface area contributed by atoms with E-state index in [1.807, 2.05) is 23.1 Å². The molecule has 2 heterocycles. The lowest BCUT2D eigenvalue weighted by Gasteiger charge is -2.31. The molecule has 0 saturated carbocycles. The monoisotopic (exact) mass is 443 g/mol. The van der Waals surface area contributed by atoms with Crippen LogP contribution in [0.4, 0.5) is 30.4 Å². The minimum absolute atomic E-state index is 0.253. The molecule has 32 heavy (non-hydrogen) atoms. The van der Waals surface area contributed by atoms with E-state index in [1.165, 1.54) is 12.1 Å². The van der Waals surface area contributed by atoms with Gasteiger partial charge in [-0.05, 0) is 48.0 Å². The third kappa shape index (κ3) is 4.52. The highest BCUT2D eigenvalue weighted by Gasteiger charge is 2.30. The second-order valence-electron chi connectivity index (χ2n) is 7.14. The molecule has 1 aliphatic rings. The average molecular weight is 443 g/mol. The van der Waals surface area contributed by atoms with Crippen LogP contribution in [0.3, 0.4) is 0 Å². The Morgan fingerprint density at radius 2 is 1.94 bits per heavy atom. The number of fused-ring (bicyclic) bond motifs is 1. The zero-order valence-electron chi connectivity index (χ0n) is 17.1. The molecule has 4 rings (SSSR count). The number of hydrogen-bond acceptors (Lipinski definition) is 5. The molecule has 0 unspecified atom stereocenters. The molecule has 3 aromatic rings. The van der Waals surface area contributed by atoms with Crippen molar-refractivity contribution in [2.24, 2.45) is 0 Å². The van der Waals surface area contributed by atoms with Crippen molar-refractivity contribution in [3.8, 4) is 5.75 Å². The molecule has 2 aromatic carbocycles. The Kier molecular flexibility index (Phi) is 6.00. The molecular weight excluding hydrogens is 423 g/mol. The van der Waals surface area contributed by atoms with E-state index in [-0.39, 0.29) is 11.3 Å². The van der Waals surface area contributed by atoms with Crippen LogP contribution in [0.1, 0.15) is 21.5 Å². The first-order valence-electron chi connectivity index (χ1n) is 9.82. The van der Waals surface area contributed by atoms with Crippen molar-refractivity contribution < 1.29 is 27.4 Å². The van der Waals surface area contributed by atoms with Crippen molar-refractivity contribution in [3.63, 3.8) is 0 Å². The molecular formula is C23H20F3N3O3. The number of alkyl halides is 3. The third-order valence-electron chi connectivity index (χ3n) is 4.96. The van der Waals surface area contributed by atoms with E-state index >= 15 is 0 Å². The van der Waals surface area contributed by atoms with E-state index in [9.17, 15) is 18.0 Å². The molecule has 0 spiro atoms. The summed E-state index contributed by atoms with van der Waals surface area (Å²) in [7, 11) is 1.61. The number of anilines is 3. The van der Waals surface area contributed by atoms with Gasteiger partial charge in [-0.1, -0.05) is 12.1 Å². The van der Waals surface area contributed by atoms with Crippen molar-refractivity contribution in [2.45, 2.75) is 12.8 Å². The number of halogens is 3. The zero-order valence-corrected chi connectivity index (χ0v) is 17.1. The number of aromatic nitrogens is 1. The maximum atomic E-state index is 12.9. The van der Waals surface area contributed by atoms with Gasteiger partial charge < -0.3 is 19.7 Å². The minimum atomic E-state index is -4.44. The summed E-state index contributed by atoms with van der Waals surface area (Å²) in [5.41, 5.74) is 1.38. The standard InChI is InChI=1S/C23H20F3N3O3/c1-31-14-15-5-10-20(27-13-15)29-11-12-32-21-18(3-2-4-19(21)29)22(30)28-17-8-6-16(7-9-17)23(24,25)26/h2-10,13H,11-12,14H2,1H3,(H,28,30). The first kappa shape index (κ1) is 21.6. The third-order valence-corrected chi connectivity index (χ3v) is 4.96. The van der Waals surface area contributed by atoms with Crippen molar-refractivity contribution in [2.75, 3.05) is 30.5 Å². The number of pyridine rings is 1. The Morgan fingerprint density at radius 1 is 1.16 bits per heavy atom. The Hall–Kier alpha value is -3.59. The molecule has 0 bridgehead atoms. The van der Waals surface area contributed by atoms with Crippen molar-refractivity contribution in [1.82, 2.24) is 4.98 Å². The summed E-state index contributed by atoms with van der Waals surface area (Å²) in [6.07, 6.45) is -2.71. The van der Waals surface area contributed by atoms with E-state index in [0.29, 0.717) is 37.0 Å². The van der Waals surface area contributed by atoms with Gasteiger partial charge in [0.15, 0.2) is 5.75 Å². The summed E-state index contributed by atoms with van der Waals surface area (Å²) in [6, 6.07) is 13.2. The van der Waals surface area contributed by atoms with Gasteiger partial charge in [0.25, 0.3) is 5.91 Å². The van der Waals surface area contributed by atoms with Crippen LogP contribution in [0.2, 0.25) is 0 Å². The van der Waals surface area contributed by atoms with Gasteiger partial charge in [0, 0.05) is 19.0 Å². The van der Waals surface area contributed by atoms with Crippen LogP contribution in [-0.4, -0.2) is 31.2 Å². The smallest absolute Gasteiger partial charge is 0.416 e. The maximum Gasteiger partial charge on any atom is 0.416 e. The largest absolute Gasteiger partial charge is 0.489 e. The average Bonchev–Trinajstić information content (AvgIpc) is 2.79. The molecule has 1 aliphatic heterocycles. The molecule has 9 heteroatoms. The highest BCUT2D eigenvalue weighted by molar-refractivity contribution is 6.07. The van der Waals surface area contributed by atoms with Gasteiger partial charge in [-0.25, -0.2) is 4.98 Å². The molecule has 1 amide bonds. The van der Waals surface area contributed by atoms with Gasteiger partial charge in [-0.2, -0.15) is 13.2 Å². The van der Waals surface area contributed by atoms with Crippen LogP contribution in [0.25, 0.3) is 0 Å². The quantitative estimate of drug-likeness (QED) is 0.599. The molecule has 0 atom stereocenters. The van der Waals surface area contributed by atoms with Crippen molar-refractivity contribution >= 4 is 23.1 Å². The number of nitrogens with one attached hydrogen (secondary N) is 1. The van der Waals surface area contributed by atoms with Crippen LogP contribution in [-0.2, 0) is 17.5 Å². The second kappa shape index (κ2) is 8.88. The van der Waals surface area contributed by atoms with E-state index < -0.39 is 17.6 Å². The summed E-state index contributed by atoms with van der Waals surface area (Å²) >= 11 is 0. The van der Waals surface area contributed by atoms with E-state index in [0.717, 1.165) is 17.7 Å². The Labute approximate surface area is 182 Å². The molecule has 166 valence electrons. The molecule has 6 nitrogen and oxygen atoms in total. The van der Waals surface area contributed by atoms with Crippen LogP contribution < -0.4 is 15.0 Å². The highest BCUT2D eigenvalue weighted by Crippen LogP contribution is 2.39. The second-order valence-corrected chi connectivity index (χ2v) is 7.14. The predicted octanol–water partition coefficient (Wildman–Crippen LogP) is 5.03. The Bertz CT molecular complexity index is 1100. The van der Waals surface area contributed by atoms with Crippen LogP contribution >= 0.6 is 0 Å². The lowest BCUT2D eigenvalue weighted by Crippen LogP contribution is -2.30. The molecule has 0 radical (unpaired) electrons. The van der Waals surface area contributed by atoms with Crippen LogP contribution in [0.5, 0.6) is 5.75 Å². The molecule has 0 aliphatic carbocycles. The minimum Gasteiger partial charge on any atom is -0.489 e. The number of carbonyl (C=O) groups is 1. The van der Waals surface area contributed by atoms with E-state index in [2.05, 4.69) is 10.3 Å². The number of benzene rings is 2. The lowest BCUT2D eigenvalue weighted by molar-refractivity contribution is -0.137. The molecule has 1 aromatic heterocycles. The predicted molar refractivity (Wildman–Crippen MR) is 113 cm³/mol. The van der Waals surface area contributed by atoms with Crippen molar-refractivity contribution in [3.05, 3.63) is 77.5 Å². The SMILES string of the molecule is COCc1ccc(N2CCOc3c(C(=O)Nc4ccc(C(F)(F)F)cc4)cccc32)nc1. The fourth-order valence-corrected chi connectivity index (χ4v) is 3.43. The summed E-state index contributed by atoms with van der Waals surface area (Å²) in [5.74, 6) is 0.618. The van der Waals surface area contributed by atoms with Crippen molar-refractivity contribution in [1.29, 1.82) is 0 Å². The number of ether oxygens (including phenoxy) is 2. The van der Waals surface area contributed by atoms with Crippen LogP contribution in [0, 0.1) is 0 Å².